The van der Waals surface area contributed by atoms with Crippen molar-refractivity contribution in [2.45, 2.75) is 38.8 Å². The smallest absolute Gasteiger partial charge is 0.251 e. The van der Waals surface area contributed by atoms with Crippen molar-refractivity contribution >= 4 is 41.6 Å². The highest BCUT2D eigenvalue weighted by atomic mass is 35.5. The SMILES string of the molecule is COc1cc(C(=O)NC2CCN(C)CC2)ccc1Nc1ncc2c(n1)-c1c(C)cc(Cl)n1CC2.Cl. The molecule has 5 rings (SSSR count). The Labute approximate surface area is 216 Å². The summed E-state index contributed by atoms with van der Waals surface area (Å²) < 4.78 is 7.67. The number of rotatable bonds is 5. The number of likely N-dealkylation sites (tertiary alicyclic amines) is 1. The normalized spacial score (nSPS) is 15.5. The number of hydrogen-bond acceptors (Lipinski definition) is 6. The Morgan fingerprint density at radius 1 is 1.20 bits per heavy atom. The molecule has 0 aliphatic carbocycles. The monoisotopic (exact) mass is 516 g/mol. The van der Waals surface area contributed by atoms with E-state index in [4.69, 9.17) is 21.3 Å². The van der Waals surface area contributed by atoms with Crippen molar-refractivity contribution in [3.05, 3.63) is 52.3 Å². The van der Waals surface area contributed by atoms with Gasteiger partial charge in [-0.2, -0.15) is 0 Å². The highest BCUT2D eigenvalue weighted by molar-refractivity contribution is 6.30. The van der Waals surface area contributed by atoms with Gasteiger partial charge in [0.05, 0.1) is 24.2 Å². The van der Waals surface area contributed by atoms with Gasteiger partial charge in [0.1, 0.15) is 10.9 Å². The largest absolute Gasteiger partial charge is 0.495 e. The Hall–Kier alpha value is -2.81. The number of amides is 1. The van der Waals surface area contributed by atoms with Crippen LogP contribution in [0.4, 0.5) is 11.6 Å². The van der Waals surface area contributed by atoms with E-state index in [-0.39, 0.29) is 24.4 Å². The summed E-state index contributed by atoms with van der Waals surface area (Å²) in [7, 11) is 3.69. The Morgan fingerprint density at radius 2 is 1.97 bits per heavy atom. The van der Waals surface area contributed by atoms with Crippen molar-refractivity contribution in [1.82, 2.24) is 24.8 Å². The van der Waals surface area contributed by atoms with Crippen molar-refractivity contribution in [3.63, 3.8) is 0 Å². The summed E-state index contributed by atoms with van der Waals surface area (Å²) in [6.07, 6.45) is 4.62. The van der Waals surface area contributed by atoms with Gasteiger partial charge in [0, 0.05) is 29.9 Å². The van der Waals surface area contributed by atoms with Crippen molar-refractivity contribution < 1.29 is 9.53 Å². The van der Waals surface area contributed by atoms with Gasteiger partial charge in [-0.05, 0) is 76.2 Å². The number of aryl methyl sites for hydroxylation is 2. The fourth-order valence-electron chi connectivity index (χ4n) is 4.74. The molecule has 8 nitrogen and oxygen atoms in total. The summed E-state index contributed by atoms with van der Waals surface area (Å²) in [5.41, 5.74) is 5.37. The molecule has 0 spiro atoms. The molecule has 1 amide bonds. The quantitative estimate of drug-likeness (QED) is 0.520. The lowest BCUT2D eigenvalue weighted by atomic mass is 10.0. The number of nitrogens with one attached hydrogen (secondary N) is 2. The number of carbonyl (C=O) groups excluding carboxylic acids is 1. The number of fused-ring (bicyclic) bond motifs is 3. The number of nitrogens with zero attached hydrogens (tertiary/aromatic N) is 4. The van der Waals surface area contributed by atoms with Crippen LogP contribution >= 0.6 is 24.0 Å². The molecule has 0 radical (unpaired) electrons. The van der Waals surface area contributed by atoms with E-state index in [1.165, 1.54) is 0 Å². The molecule has 186 valence electrons. The Balaban J connectivity index is 0.00000289. The van der Waals surface area contributed by atoms with Gasteiger partial charge in [-0.1, -0.05) is 11.6 Å². The number of anilines is 2. The lowest BCUT2D eigenvalue weighted by Gasteiger charge is -2.29. The van der Waals surface area contributed by atoms with Crippen LogP contribution in [0.25, 0.3) is 11.4 Å². The van der Waals surface area contributed by atoms with Crippen LogP contribution in [0.2, 0.25) is 5.15 Å². The van der Waals surface area contributed by atoms with Crippen molar-refractivity contribution in [3.8, 4) is 17.1 Å². The number of methoxy groups -OCH3 is 1. The molecule has 2 aliphatic rings. The summed E-state index contributed by atoms with van der Waals surface area (Å²) in [5.74, 6) is 0.934. The van der Waals surface area contributed by atoms with Crippen molar-refractivity contribution in [2.24, 2.45) is 0 Å². The minimum atomic E-state index is -0.0856. The summed E-state index contributed by atoms with van der Waals surface area (Å²) in [6, 6.07) is 7.55. The first-order chi connectivity index (χ1) is 16.4. The van der Waals surface area contributed by atoms with Crippen LogP contribution in [0.5, 0.6) is 5.75 Å². The van der Waals surface area contributed by atoms with E-state index in [1.54, 1.807) is 19.2 Å². The predicted octanol–water partition coefficient (Wildman–Crippen LogP) is 4.46. The van der Waals surface area contributed by atoms with E-state index in [1.807, 2.05) is 25.3 Å². The van der Waals surface area contributed by atoms with Crippen LogP contribution in [-0.4, -0.2) is 58.6 Å². The molecule has 0 bridgehead atoms. The van der Waals surface area contributed by atoms with E-state index in [2.05, 4.69) is 32.1 Å². The van der Waals surface area contributed by atoms with Gasteiger partial charge in [0.2, 0.25) is 5.95 Å². The lowest BCUT2D eigenvalue weighted by Crippen LogP contribution is -2.43. The van der Waals surface area contributed by atoms with E-state index in [0.717, 1.165) is 66.6 Å². The Kier molecular flexibility index (Phi) is 7.54. The van der Waals surface area contributed by atoms with Crippen LogP contribution in [0.1, 0.15) is 34.3 Å². The molecule has 3 aromatic rings. The van der Waals surface area contributed by atoms with Crippen molar-refractivity contribution in [2.75, 3.05) is 32.6 Å². The average Bonchev–Trinajstić information content (AvgIpc) is 3.14. The fourth-order valence-corrected chi connectivity index (χ4v) is 5.08. The Bertz CT molecular complexity index is 1240. The van der Waals surface area contributed by atoms with E-state index in [0.29, 0.717) is 22.9 Å². The van der Waals surface area contributed by atoms with Crippen LogP contribution in [0, 0.1) is 6.92 Å². The van der Waals surface area contributed by atoms with Gasteiger partial charge in [-0.25, -0.2) is 9.97 Å². The zero-order chi connectivity index (χ0) is 23.8. The molecule has 1 fully saturated rings. The zero-order valence-electron chi connectivity index (χ0n) is 20.1. The highest BCUT2D eigenvalue weighted by Gasteiger charge is 2.24. The molecule has 2 N–H and O–H groups in total. The second kappa shape index (κ2) is 10.4. The molecule has 1 aromatic carbocycles. The van der Waals surface area contributed by atoms with Crippen LogP contribution in [0.15, 0.2) is 30.5 Å². The number of benzene rings is 1. The third-order valence-corrected chi connectivity index (χ3v) is 7.01. The molecule has 35 heavy (non-hydrogen) atoms. The summed E-state index contributed by atoms with van der Waals surface area (Å²) >= 11 is 6.40. The summed E-state index contributed by atoms with van der Waals surface area (Å²) in [4.78, 5) is 24.4. The number of hydrogen-bond donors (Lipinski definition) is 2. The molecule has 2 aromatic heterocycles. The third kappa shape index (κ3) is 5.10. The number of piperidine rings is 1. The number of ether oxygens (including phenoxy) is 1. The maximum Gasteiger partial charge on any atom is 0.251 e. The molecular weight excluding hydrogens is 487 g/mol. The van der Waals surface area contributed by atoms with E-state index in [9.17, 15) is 4.79 Å². The van der Waals surface area contributed by atoms with Gasteiger partial charge < -0.3 is 24.8 Å². The van der Waals surface area contributed by atoms with E-state index >= 15 is 0 Å². The summed E-state index contributed by atoms with van der Waals surface area (Å²) in [6.45, 7) is 4.85. The first-order valence-corrected chi connectivity index (χ1v) is 12.0. The maximum atomic E-state index is 12.8. The molecule has 4 heterocycles. The highest BCUT2D eigenvalue weighted by Crippen LogP contribution is 2.36. The average molecular weight is 517 g/mol. The third-order valence-electron chi connectivity index (χ3n) is 6.69. The lowest BCUT2D eigenvalue weighted by molar-refractivity contribution is 0.0916. The fraction of sp³-hybridized carbons (Fsp3) is 0.400. The molecule has 0 saturated carbocycles. The molecular formula is C25H30Cl2N6O2. The first-order valence-electron chi connectivity index (χ1n) is 11.6. The van der Waals surface area contributed by atoms with E-state index < -0.39 is 0 Å². The second-order valence-electron chi connectivity index (χ2n) is 9.06. The molecule has 0 atom stereocenters. The predicted molar refractivity (Wildman–Crippen MR) is 140 cm³/mol. The molecule has 1 saturated heterocycles. The Morgan fingerprint density at radius 3 is 2.71 bits per heavy atom. The topological polar surface area (TPSA) is 84.3 Å². The number of carbonyl (C=O) groups is 1. The van der Waals surface area contributed by atoms with Gasteiger partial charge in [-0.15, -0.1) is 12.4 Å². The standard InChI is InChI=1S/C25H29ClN6O2.ClH/c1-15-12-21(26)32-11-6-17-14-27-25(30-22(17)23(15)32)29-19-5-4-16(13-20(19)34-3)24(33)28-18-7-9-31(2)10-8-18;/h4-5,12-14,18H,6-11H2,1-3H3,(H,28,33)(H,27,29,30);1H. The number of aromatic nitrogens is 3. The van der Waals surface area contributed by atoms with Gasteiger partial charge >= 0.3 is 0 Å². The number of halogens is 2. The maximum absolute atomic E-state index is 12.8. The van der Waals surface area contributed by atoms with Gasteiger partial charge in [-0.3, -0.25) is 4.79 Å². The second-order valence-corrected chi connectivity index (χ2v) is 9.45. The molecule has 0 unspecified atom stereocenters. The van der Waals surface area contributed by atoms with Crippen LogP contribution < -0.4 is 15.4 Å². The minimum absolute atomic E-state index is 0. The van der Waals surface area contributed by atoms with Crippen molar-refractivity contribution in [1.29, 1.82) is 0 Å². The van der Waals surface area contributed by atoms with Crippen LogP contribution in [-0.2, 0) is 13.0 Å². The molecule has 10 heteroatoms. The van der Waals surface area contributed by atoms with Gasteiger partial charge in [0.15, 0.2) is 0 Å². The summed E-state index contributed by atoms with van der Waals surface area (Å²) in [5, 5.41) is 7.13. The minimum Gasteiger partial charge on any atom is -0.495 e. The van der Waals surface area contributed by atoms with Gasteiger partial charge in [0.25, 0.3) is 5.91 Å². The zero-order valence-corrected chi connectivity index (χ0v) is 21.7. The first kappa shape index (κ1) is 25.3. The van der Waals surface area contributed by atoms with Crippen LogP contribution in [0.3, 0.4) is 0 Å². The molecule has 2 aliphatic heterocycles.